The SMILES string of the molecule is C=CCc1cc(/C=C2\SC(=Nc3ccc(Br)c(Cl)c3)N(CC)C2=O)ccc1OCc1ccc(Cl)cc1. The number of hydrogen-bond donors (Lipinski definition) is 0. The number of likely N-dealkylation sites (N-methyl/N-ethyl adjacent to an activating group) is 1. The fourth-order valence-electron chi connectivity index (χ4n) is 3.57. The van der Waals surface area contributed by atoms with Crippen molar-refractivity contribution in [2.75, 3.05) is 6.54 Å². The van der Waals surface area contributed by atoms with Gasteiger partial charge in [0, 0.05) is 16.0 Å². The van der Waals surface area contributed by atoms with Crippen molar-refractivity contribution in [3.8, 4) is 5.75 Å². The van der Waals surface area contributed by atoms with Crippen LogP contribution >= 0.6 is 50.9 Å². The lowest BCUT2D eigenvalue weighted by Crippen LogP contribution is -2.28. The number of benzene rings is 3. The maximum Gasteiger partial charge on any atom is 0.266 e. The van der Waals surface area contributed by atoms with Crippen LogP contribution in [0.25, 0.3) is 6.08 Å². The van der Waals surface area contributed by atoms with Crippen molar-refractivity contribution in [2.45, 2.75) is 20.0 Å². The monoisotopic (exact) mass is 600 g/mol. The van der Waals surface area contributed by atoms with Gasteiger partial charge in [-0.05, 0) is 106 Å². The van der Waals surface area contributed by atoms with Crippen LogP contribution in [-0.2, 0) is 17.8 Å². The second kappa shape index (κ2) is 12.2. The van der Waals surface area contributed by atoms with Gasteiger partial charge >= 0.3 is 0 Å². The molecule has 3 aromatic carbocycles. The standard InChI is InChI=1S/C28H23BrCl2N2O2S/c1-3-5-20-14-19(8-13-25(20)35-17-18-6-9-21(30)10-7-18)15-26-27(34)33(4-2)28(36-26)32-22-11-12-23(29)24(31)16-22/h3,6-16H,1,4-5,17H2,2H3/b26-15-,32-28?. The highest BCUT2D eigenvalue weighted by Crippen LogP contribution is 2.36. The molecule has 0 N–H and O–H groups in total. The van der Waals surface area contributed by atoms with Crippen LogP contribution in [0.4, 0.5) is 5.69 Å². The van der Waals surface area contributed by atoms with Gasteiger partial charge in [-0.1, -0.05) is 47.5 Å². The van der Waals surface area contributed by atoms with E-state index in [2.05, 4.69) is 27.5 Å². The van der Waals surface area contributed by atoms with Crippen molar-refractivity contribution in [3.05, 3.63) is 109 Å². The Balaban J connectivity index is 1.57. The predicted octanol–water partition coefficient (Wildman–Crippen LogP) is 8.69. The molecule has 1 aliphatic heterocycles. The van der Waals surface area contributed by atoms with Crippen molar-refractivity contribution < 1.29 is 9.53 Å². The molecule has 0 saturated carbocycles. The third kappa shape index (κ3) is 6.43. The smallest absolute Gasteiger partial charge is 0.266 e. The van der Waals surface area contributed by atoms with Crippen molar-refractivity contribution >= 4 is 73.7 Å². The molecule has 184 valence electrons. The lowest BCUT2D eigenvalue weighted by atomic mass is 10.1. The lowest BCUT2D eigenvalue weighted by molar-refractivity contribution is -0.122. The molecule has 1 aliphatic rings. The molecule has 0 aliphatic carbocycles. The Bertz CT molecular complexity index is 1360. The van der Waals surface area contributed by atoms with Crippen LogP contribution in [-0.4, -0.2) is 22.5 Å². The van der Waals surface area contributed by atoms with Crippen molar-refractivity contribution in [3.63, 3.8) is 0 Å². The molecule has 0 spiro atoms. The van der Waals surface area contributed by atoms with Gasteiger partial charge in [0.25, 0.3) is 5.91 Å². The summed E-state index contributed by atoms with van der Waals surface area (Å²) in [5, 5.41) is 1.89. The highest BCUT2D eigenvalue weighted by Gasteiger charge is 2.32. The molecule has 1 heterocycles. The molecule has 3 aromatic rings. The molecular weight excluding hydrogens is 579 g/mol. The van der Waals surface area contributed by atoms with Gasteiger partial charge in [0.05, 0.1) is 15.6 Å². The number of halogens is 3. The number of amides is 1. The number of hydrogen-bond acceptors (Lipinski definition) is 4. The van der Waals surface area contributed by atoms with Gasteiger partial charge in [-0.3, -0.25) is 9.69 Å². The van der Waals surface area contributed by atoms with Crippen molar-refractivity contribution in [1.82, 2.24) is 4.90 Å². The highest BCUT2D eigenvalue weighted by molar-refractivity contribution is 9.10. The molecular formula is C28H23BrCl2N2O2S. The Hall–Kier alpha value is -2.51. The van der Waals surface area contributed by atoms with E-state index in [1.54, 1.807) is 11.0 Å². The lowest BCUT2D eigenvalue weighted by Gasteiger charge is -2.12. The summed E-state index contributed by atoms with van der Waals surface area (Å²) in [6, 6.07) is 18.9. The van der Waals surface area contributed by atoms with E-state index in [0.29, 0.717) is 45.4 Å². The summed E-state index contributed by atoms with van der Waals surface area (Å²) in [5.74, 6) is 0.708. The number of ether oxygens (including phenoxy) is 1. The maximum absolute atomic E-state index is 13.1. The largest absolute Gasteiger partial charge is 0.489 e. The molecule has 0 atom stereocenters. The maximum atomic E-state index is 13.1. The average molecular weight is 602 g/mol. The Morgan fingerprint density at radius 2 is 1.89 bits per heavy atom. The quantitative estimate of drug-likeness (QED) is 0.191. The molecule has 4 rings (SSSR count). The predicted molar refractivity (Wildman–Crippen MR) is 155 cm³/mol. The van der Waals surface area contributed by atoms with Gasteiger partial charge in [0.2, 0.25) is 0 Å². The molecule has 4 nitrogen and oxygen atoms in total. The Kier molecular flexibility index (Phi) is 8.96. The van der Waals surface area contributed by atoms with E-state index in [1.807, 2.05) is 73.7 Å². The normalized spacial score (nSPS) is 15.7. The van der Waals surface area contributed by atoms with Crippen LogP contribution in [0.2, 0.25) is 10.0 Å². The summed E-state index contributed by atoms with van der Waals surface area (Å²) < 4.78 is 6.87. The number of carbonyl (C=O) groups excluding carboxylic acids is 1. The van der Waals surface area contributed by atoms with E-state index >= 15 is 0 Å². The average Bonchev–Trinajstić information content (AvgIpc) is 3.15. The zero-order valence-corrected chi connectivity index (χ0v) is 23.4. The van der Waals surface area contributed by atoms with Gasteiger partial charge in [-0.2, -0.15) is 0 Å². The first-order valence-electron chi connectivity index (χ1n) is 11.2. The van der Waals surface area contributed by atoms with E-state index in [4.69, 9.17) is 27.9 Å². The first-order chi connectivity index (χ1) is 17.4. The Morgan fingerprint density at radius 3 is 2.58 bits per heavy atom. The number of amidine groups is 1. The fourth-order valence-corrected chi connectivity index (χ4v) is 5.18. The first-order valence-corrected chi connectivity index (χ1v) is 13.6. The van der Waals surface area contributed by atoms with Crippen LogP contribution in [0.5, 0.6) is 5.75 Å². The number of allylic oxidation sites excluding steroid dienone is 1. The summed E-state index contributed by atoms with van der Waals surface area (Å²) in [6.45, 7) is 6.76. The van der Waals surface area contributed by atoms with E-state index in [-0.39, 0.29) is 5.91 Å². The van der Waals surface area contributed by atoms with Gasteiger partial charge in [-0.15, -0.1) is 6.58 Å². The van der Waals surface area contributed by atoms with Crippen molar-refractivity contribution in [2.24, 2.45) is 4.99 Å². The van der Waals surface area contributed by atoms with Crippen LogP contribution in [0.15, 0.2) is 87.7 Å². The number of nitrogens with zero attached hydrogens (tertiary/aromatic N) is 2. The zero-order chi connectivity index (χ0) is 25.7. The first kappa shape index (κ1) is 26.6. The van der Waals surface area contributed by atoms with Gasteiger partial charge in [0.15, 0.2) is 5.17 Å². The molecule has 8 heteroatoms. The third-order valence-corrected chi connectivity index (χ3v) is 7.88. The number of rotatable bonds is 8. The molecule has 1 fully saturated rings. The fraction of sp³-hybridized carbons (Fsp3) is 0.143. The van der Waals surface area contributed by atoms with Crippen LogP contribution in [0.1, 0.15) is 23.6 Å². The Morgan fingerprint density at radius 1 is 1.11 bits per heavy atom. The summed E-state index contributed by atoms with van der Waals surface area (Å²) >= 11 is 16.9. The van der Waals surface area contributed by atoms with Crippen LogP contribution in [0.3, 0.4) is 0 Å². The minimum atomic E-state index is -0.0715. The van der Waals surface area contributed by atoms with Crippen LogP contribution < -0.4 is 4.74 Å². The third-order valence-electron chi connectivity index (χ3n) is 5.39. The molecule has 1 amide bonds. The summed E-state index contributed by atoms with van der Waals surface area (Å²) in [7, 11) is 0. The molecule has 0 radical (unpaired) electrons. The second-order valence-corrected chi connectivity index (χ2v) is 10.6. The molecule has 0 aromatic heterocycles. The summed E-state index contributed by atoms with van der Waals surface area (Å²) in [5.41, 5.74) is 3.62. The van der Waals surface area contributed by atoms with Gasteiger partial charge < -0.3 is 4.74 Å². The molecule has 1 saturated heterocycles. The molecule has 36 heavy (non-hydrogen) atoms. The zero-order valence-electron chi connectivity index (χ0n) is 19.5. The van der Waals surface area contributed by atoms with Gasteiger partial charge in [0.1, 0.15) is 12.4 Å². The summed E-state index contributed by atoms with van der Waals surface area (Å²) in [4.78, 5) is 20.0. The van der Waals surface area contributed by atoms with E-state index in [1.165, 1.54) is 11.8 Å². The topological polar surface area (TPSA) is 41.9 Å². The summed E-state index contributed by atoms with van der Waals surface area (Å²) in [6.07, 6.45) is 4.37. The van der Waals surface area contributed by atoms with Crippen molar-refractivity contribution in [1.29, 1.82) is 0 Å². The van der Waals surface area contributed by atoms with E-state index in [9.17, 15) is 4.79 Å². The minimum absolute atomic E-state index is 0.0715. The number of thioether (sulfide) groups is 1. The van der Waals surface area contributed by atoms with E-state index < -0.39 is 0 Å². The van der Waals surface area contributed by atoms with E-state index in [0.717, 1.165) is 26.9 Å². The minimum Gasteiger partial charge on any atom is -0.489 e. The Labute approximate surface area is 233 Å². The second-order valence-electron chi connectivity index (χ2n) is 7.93. The van der Waals surface area contributed by atoms with Crippen LogP contribution in [0, 0.1) is 0 Å². The molecule has 0 unspecified atom stereocenters. The highest BCUT2D eigenvalue weighted by atomic mass is 79.9. The number of carbonyl (C=O) groups is 1. The van der Waals surface area contributed by atoms with Gasteiger partial charge in [-0.25, -0.2) is 4.99 Å². The number of aliphatic imine (C=N–C) groups is 1. The molecule has 0 bridgehead atoms.